The summed E-state index contributed by atoms with van der Waals surface area (Å²) in [7, 11) is 1.19. The van der Waals surface area contributed by atoms with Crippen molar-refractivity contribution in [2.75, 3.05) is 18.6 Å². The van der Waals surface area contributed by atoms with Crippen molar-refractivity contribution >= 4 is 58.5 Å². The highest BCUT2D eigenvalue weighted by Gasteiger charge is 2.77. The number of amides is 4. The van der Waals surface area contributed by atoms with Crippen molar-refractivity contribution in [3.05, 3.63) is 64.5 Å². The van der Waals surface area contributed by atoms with Crippen molar-refractivity contribution in [3.8, 4) is 11.5 Å². The van der Waals surface area contributed by atoms with Gasteiger partial charge in [0, 0.05) is 12.5 Å². The number of phenolic OH excluding ortho intramolecular Hbond substituents is 1. The number of ether oxygens (including phenoxy) is 1. The Kier molecular flexibility index (Phi) is 7.59. The van der Waals surface area contributed by atoms with Crippen molar-refractivity contribution in [2.24, 2.45) is 17.8 Å². The molecule has 6 atom stereocenters. The van der Waals surface area contributed by atoms with E-state index in [9.17, 15) is 42.3 Å². The Bertz CT molecular complexity index is 1830. The molecule has 2 heterocycles. The predicted molar refractivity (Wildman–Crippen MR) is 150 cm³/mol. The van der Waals surface area contributed by atoms with Gasteiger partial charge in [-0.25, -0.2) is 26.9 Å². The van der Waals surface area contributed by atoms with Gasteiger partial charge >= 0.3 is 5.97 Å². The molecule has 0 spiro atoms. The van der Waals surface area contributed by atoms with E-state index in [0.717, 1.165) is 11.0 Å². The normalized spacial score (nSPS) is 29.9. The Balaban J connectivity index is 1.57. The number of aromatic hydroxyl groups is 1. The maximum absolute atomic E-state index is 15.1. The molecule has 2 N–H and O–H groups in total. The van der Waals surface area contributed by atoms with Gasteiger partial charge in [0.15, 0.2) is 44.5 Å². The van der Waals surface area contributed by atoms with Crippen LogP contribution in [0.25, 0.3) is 0 Å². The molecule has 17 heteroatoms. The van der Waals surface area contributed by atoms with Crippen molar-refractivity contribution in [1.29, 1.82) is 0 Å². The number of benzene rings is 2. The maximum atomic E-state index is 15.1. The highest BCUT2D eigenvalue weighted by Crippen LogP contribution is 2.66. The van der Waals surface area contributed by atoms with Crippen LogP contribution >= 0.6 is 23.2 Å². The predicted octanol–water partition coefficient (Wildman–Crippen LogP) is 4.13. The number of carboxylic acid groups (broad SMARTS) is 1. The zero-order chi connectivity index (χ0) is 34.5. The number of likely N-dealkylation sites (tertiary alicyclic amines) is 1. The van der Waals surface area contributed by atoms with E-state index in [1.807, 2.05) is 0 Å². The van der Waals surface area contributed by atoms with Crippen LogP contribution in [-0.2, 0) is 24.0 Å². The summed E-state index contributed by atoms with van der Waals surface area (Å²) in [5, 5.41) is 19.4. The first-order valence-corrected chi connectivity index (χ1v) is 14.7. The molecule has 2 aromatic carbocycles. The number of rotatable bonds is 6. The Hall–Kier alpha value is -4.24. The second-order valence-electron chi connectivity index (χ2n) is 11.6. The molecule has 2 saturated heterocycles. The van der Waals surface area contributed by atoms with E-state index in [1.165, 1.54) is 25.3 Å². The highest BCUT2D eigenvalue weighted by atomic mass is 35.5. The number of nitrogens with zero attached hydrogens (tertiary/aromatic N) is 2. The Morgan fingerprint density at radius 2 is 1.57 bits per heavy atom. The number of hydrogen-bond acceptors (Lipinski definition) is 7. The summed E-state index contributed by atoms with van der Waals surface area (Å²) < 4.78 is 77.9. The van der Waals surface area contributed by atoms with Gasteiger partial charge in [-0.05, 0) is 36.5 Å². The van der Waals surface area contributed by atoms with Gasteiger partial charge in [-0.2, -0.15) is 0 Å². The topological polar surface area (TPSA) is 142 Å². The fourth-order valence-electron chi connectivity index (χ4n) is 7.31. The fourth-order valence-corrected chi connectivity index (χ4v) is 8.24. The van der Waals surface area contributed by atoms with E-state index in [-0.39, 0.29) is 34.0 Å². The number of aliphatic carboxylic acids is 1. The number of methoxy groups -OCH3 is 1. The van der Waals surface area contributed by atoms with E-state index >= 15 is 8.78 Å². The van der Waals surface area contributed by atoms with Gasteiger partial charge in [0.25, 0.3) is 11.8 Å². The molecule has 10 nitrogen and oxygen atoms in total. The second kappa shape index (κ2) is 10.9. The van der Waals surface area contributed by atoms with Crippen molar-refractivity contribution in [3.63, 3.8) is 0 Å². The molecule has 1 saturated carbocycles. The maximum Gasteiger partial charge on any atom is 0.305 e. The number of fused-ring (bicyclic) bond motifs is 4. The van der Waals surface area contributed by atoms with Crippen LogP contribution in [0.4, 0.5) is 27.6 Å². The largest absolute Gasteiger partial charge is 0.504 e. The molecule has 4 amide bonds. The summed E-state index contributed by atoms with van der Waals surface area (Å²) in [5.41, 5.74) is -1.68. The van der Waals surface area contributed by atoms with Gasteiger partial charge in [0.1, 0.15) is 5.69 Å². The van der Waals surface area contributed by atoms with Gasteiger partial charge < -0.3 is 14.9 Å². The summed E-state index contributed by atoms with van der Waals surface area (Å²) in [6.45, 7) is -0.461. The molecular formula is C30H21Cl2F5N2O8. The van der Waals surface area contributed by atoms with Crippen LogP contribution in [0, 0.1) is 46.8 Å². The van der Waals surface area contributed by atoms with Gasteiger partial charge in [0.2, 0.25) is 17.6 Å². The fraction of sp³-hybridized carbons (Fsp3) is 0.367. The van der Waals surface area contributed by atoms with Crippen molar-refractivity contribution in [2.45, 2.75) is 34.9 Å². The summed E-state index contributed by atoms with van der Waals surface area (Å²) in [4.78, 5) is 61.5. The molecule has 6 unspecified atom stereocenters. The minimum absolute atomic E-state index is 0.0361. The number of imide groups is 2. The molecule has 0 aromatic heterocycles. The molecule has 4 aliphatic rings. The summed E-state index contributed by atoms with van der Waals surface area (Å²) in [5.74, 6) is -24.1. The van der Waals surface area contributed by atoms with Crippen LogP contribution in [0.1, 0.15) is 30.7 Å². The lowest BCUT2D eigenvalue weighted by Crippen LogP contribution is -2.60. The third kappa shape index (κ3) is 4.24. The molecule has 2 aliphatic carbocycles. The molecule has 2 aliphatic heterocycles. The van der Waals surface area contributed by atoms with Crippen LogP contribution in [0.5, 0.6) is 11.5 Å². The van der Waals surface area contributed by atoms with Crippen molar-refractivity contribution in [1.82, 2.24) is 4.90 Å². The first-order chi connectivity index (χ1) is 22.0. The van der Waals surface area contributed by atoms with E-state index in [2.05, 4.69) is 0 Å². The molecule has 0 radical (unpaired) electrons. The van der Waals surface area contributed by atoms with E-state index in [1.54, 1.807) is 0 Å². The lowest BCUT2D eigenvalue weighted by atomic mass is 9.56. The van der Waals surface area contributed by atoms with E-state index in [4.69, 9.17) is 33.0 Å². The first-order valence-electron chi connectivity index (χ1n) is 13.9. The minimum atomic E-state index is -2.74. The number of carbonyl (C=O) groups is 5. The molecule has 3 fully saturated rings. The smallest absolute Gasteiger partial charge is 0.305 e. The first kappa shape index (κ1) is 32.7. The van der Waals surface area contributed by atoms with Crippen LogP contribution in [0.2, 0.25) is 0 Å². The van der Waals surface area contributed by atoms with Gasteiger partial charge in [-0.1, -0.05) is 17.7 Å². The summed E-state index contributed by atoms with van der Waals surface area (Å²) in [6, 6.07) is 3.62. The molecule has 2 aromatic rings. The minimum Gasteiger partial charge on any atom is -0.504 e. The second-order valence-corrected chi connectivity index (χ2v) is 12.8. The zero-order valence-electron chi connectivity index (χ0n) is 23.8. The van der Waals surface area contributed by atoms with Crippen LogP contribution in [-0.4, -0.2) is 68.1 Å². The van der Waals surface area contributed by atoms with E-state index < -0.39 is 117 Å². The Morgan fingerprint density at radius 1 is 0.957 bits per heavy atom. The number of carbonyl (C=O) groups excluding carboxylic acids is 4. The lowest BCUT2D eigenvalue weighted by molar-refractivity contribution is -0.142. The van der Waals surface area contributed by atoms with Crippen LogP contribution < -0.4 is 9.64 Å². The third-order valence-corrected chi connectivity index (χ3v) is 10.8. The Morgan fingerprint density at radius 3 is 2.17 bits per heavy atom. The lowest BCUT2D eigenvalue weighted by Gasteiger charge is -2.50. The highest BCUT2D eigenvalue weighted by molar-refractivity contribution is 6.58. The molecule has 248 valence electrons. The molecule has 47 heavy (non-hydrogen) atoms. The number of allylic oxidation sites excluding steroid dienone is 2. The monoisotopic (exact) mass is 702 g/mol. The van der Waals surface area contributed by atoms with Crippen LogP contribution in [0.15, 0.2) is 29.8 Å². The van der Waals surface area contributed by atoms with Gasteiger partial charge in [-0.3, -0.25) is 28.9 Å². The summed E-state index contributed by atoms with van der Waals surface area (Å²) >= 11 is 14.0. The average Bonchev–Trinajstić information content (AvgIpc) is 3.36. The number of carboxylic acids is 1. The number of alkyl halides is 2. The molecule has 0 bridgehead atoms. The Labute approximate surface area is 271 Å². The number of hydrogen-bond donors (Lipinski definition) is 2. The van der Waals surface area contributed by atoms with Gasteiger partial charge in [-0.15, -0.1) is 23.2 Å². The number of phenols is 1. The zero-order valence-corrected chi connectivity index (χ0v) is 25.3. The third-order valence-electron chi connectivity index (χ3n) is 9.40. The molecular weight excluding hydrogens is 682 g/mol. The standard InChI is InChI=1S/C30H21Cl2F5N2O8/c1-47-15-8-10(2-5-14(15)40)18-11-3-4-12-17(26(44)38(25(12)43)7-6-16(41)42)13(11)9-29(31)27(45)39(28(46)30(18,29)32)24-22(36)20(34)19(33)21(35)23(24)37/h2-3,5,8,12-13,17-18,40H,4,6-7,9H2,1H3,(H,41,42). The summed E-state index contributed by atoms with van der Waals surface area (Å²) in [6.07, 6.45) is 0.105. The van der Waals surface area contributed by atoms with Gasteiger partial charge in [0.05, 0.1) is 25.4 Å². The number of halogens is 7. The average molecular weight is 703 g/mol. The molecule has 6 rings (SSSR count). The number of anilines is 1. The van der Waals surface area contributed by atoms with Crippen molar-refractivity contribution < 1.29 is 60.9 Å². The SMILES string of the molecule is COc1cc(C2C3=CCC4C(=O)N(CCC(=O)O)C(=O)C4C3CC3(Cl)C(=O)N(c4c(F)c(F)c(F)c(F)c4F)C(=O)C23Cl)ccc1O. The quantitative estimate of drug-likeness (QED) is 0.114. The van der Waals surface area contributed by atoms with Crippen LogP contribution in [0.3, 0.4) is 0 Å². The van der Waals surface area contributed by atoms with E-state index in [0.29, 0.717) is 0 Å².